The largest absolute Gasteiger partial charge is 0.508 e. The number of hydrogen-bond acceptors (Lipinski definition) is 6. The number of ether oxygens (including phenoxy) is 1. The van der Waals surface area contributed by atoms with Crippen LogP contribution in [0.3, 0.4) is 0 Å². The van der Waals surface area contributed by atoms with Crippen LogP contribution in [-0.2, 0) is 20.7 Å². The summed E-state index contributed by atoms with van der Waals surface area (Å²) in [5.74, 6) is -0.844. The standard InChI is InChI=1S/C32H45N3O6/c1-20(2)35(27(25-14-10-11-21(3)28(25)37)29(38)33-23-12-8-7-9-13-23)30(39)26(34-31(40)41-32(4,5)6)19-22-15-17-24(36)18-16-22/h10-11,14-18,20,23,26-27,36-37H,7-9,12-13,19H2,1-6H3,(H,33,38)(H,34,40). The van der Waals surface area contributed by atoms with Crippen LogP contribution in [0.1, 0.15) is 89.5 Å². The Morgan fingerprint density at radius 3 is 2.22 bits per heavy atom. The number of aromatic hydroxyl groups is 2. The van der Waals surface area contributed by atoms with Crippen LogP contribution in [0.4, 0.5) is 4.79 Å². The van der Waals surface area contributed by atoms with Gasteiger partial charge in [0, 0.05) is 24.1 Å². The molecule has 0 aromatic heterocycles. The quantitative estimate of drug-likeness (QED) is 0.327. The number of hydrogen-bond donors (Lipinski definition) is 4. The summed E-state index contributed by atoms with van der Waals surface area (Å²) in [7, 11) is 0. The van der Waals surface area contributed by atoms with E-state index in [9.17, 15) is 24.6 Å². The number of nitrogens with one attached hydrogen (secondary N) is 2. The molecule has 3 rings (SSSR count). The minimum atomic E-state index is -1.13. The fraction of sp³-hybridized carbons (Fsp3) is 0.531. The third-order valence-electron chi connectivity index (χ3n) is 7.22. The lowest BCUT2D eigenvalue weighted by Crippen LogP contribution is -2.56. The number of carbonyl (C=O) groups is 3. The smallest absolute Gasteiger partial charge is 0.408 e. The fourth-order valence-corrected chi connectivity index (χ4v) is 5.22. The number of carbonyl (C=O) groups excluding carboxylic acids is 3. The molecule has 0 aliphatic heterocycles. The molecule has 0 radical (unpaired) electrons. The lowest BCUT2D eigenvalue weighted by molar-refractivity contribution is -0.145. The van der Waals surface area contributed by atoms with Gasteiger partial charge in [0.05, 0.1) is 0 Å². The minimum absolute atomic E-state index is 0.0116. The maximum absolute atomic E-state index is 14.4. The van der Waals surface area contributed by atoms with E-state index in [1.54, 1.807) is 71.9 Å². The third kappa shape index (κ3) is 8.87. The topological polar surface area (TPSA) is 128 Å². The molecule has 1 aliphatic rings. The third-order valence-corrected chi connectivity index (χ3v) is 7.22. The van der Waals surface area contributed by atoms with Crippen LogP contribution in [0, 0.1) is 6.92 Å². The van der Waals surface area contributed by atoms with Gasteiger partial charge in [-0.1, -0.05) is 49.6 Å². The van der Waals surface area contributed by atoms with Crippen molar-refractivity contribution in [3.8, 4) is 11.5 Å². The predicted molar refractivity (Wildman–Crippen MR) is 158 cm³/mol. The Morgan fingerprint density at radius 2 is 1.63 bits per heavy atom. The second kappa shape index (κ2) is 13.7. The van der Waals surface area contributed by atoms with Gasteiger partial charge >= 0.3 is 6.09 Å². The van der Waals surface area contributed by atoms with Crippen molar-refractivity contribution in [2.24, 2.45) is 0 Å². The Morgan fingerprint density at radius 1 is 1.00 bits per heavy atom. The van der Waals surface area contributed by atoms with E-state index >= 15 is 0 Å². The van der Waals surface area contributed by atoms with Crippen molar-refractivity contribution >= 4 is 17.9 Å². The van der Waals surface area contributed by atoms with E-state index in [0.29, 0.717) is 16.7 Å². The number of benzene rings is 2. The first-order valence-corrected chi connectivity index (χ1v) is 14.4. The molecule has 224 valence electrons. The molecule has 1 aliphatic carbocycles. The summed E-state index contributed by atoms with van der Waals surface area (Å²) in [5, 5.41) is 26.7. The molecule has 1 saturated carbocycles. The minimum Gasteiger partial charge on any atom is -0.508 e. The van der Waals surface area contributed by atoms with Crippen molar-refractivity contribution in [3.63, 3.8) is 0 Å². The second-order valence-corrected chi connectivity index (χ2v) is 12.2. The van der Waals surface area contributed by atoms with Crippen LogP contribution >= 0.6 is 0 Å². The summed E-state index contributed by atoms with van der Waals surface area (Å²) in [5.41, 5.74) is 0.814. The summed E-state index contributed by atoms with van der Waals surface area (Å²) in [6, 6.07) is 8.82. The van der Waals surface area contributed by atoms with Crippen LogP contribution in [-0.4, -0.2) is 56.7 Å². The van der Waals surface area contributed by atoms with E-state index < -0.39 is 35.7 Å². The molecule has 3 amide bonds. The molecule has 0 bridgehead atoms. The first-order valence-electron chi connectivity index (χ1n) is 14.4. The Labute approximate surface area is 243 Å². The molecular weight excluding hydrogens is 522 g/mol. The van der Waals surface area contributed by atoms with E-state index in [-0.39, 0.29) is 29.9 Å². The van der Waals surface area contributed by atoms with Gasteiger partial charge in [0.15, 0.2) is 0 Å². The van der Waals surface area contributed by atoms with E-state index in [1.165, 1.54) is 17.0 Å². The van der Waals surface area contributed by atoms with Gasteiger partial charge in [-0.15, -0.1) is 0 Å². The Bertz CT molecular complexity index is 1200. The van der Waals surface area contributed by atoms with Gasteiger partial charge in [-0.05, 0) is 77.6 Å². The molecule has 0 saturated heterocycles. The normalized spacial score (nSPS) is 15.6. The molecule has 9 heteroatoms. The Hall–Kier alpha value is -3.75. The van der Waals surface area contributed by atoms with Crippen molar-refractivity contribution in [1.82, 2.24) is 15.5 Å². The zero-order valence-electron chi connectivity index (χ0n) is 25.1. The average molecular weight is 568 g/mol. The van der Waals surface area contributed by atoms with Gasteiger partial charge in [-0.25, -0.2) is 4.79 Å². The van der Waals surface area contributed by atoms with Gasteiger partial charge in [-0.3, -0.25) is 9.59 Å². The molecule has 9 nitrogen and oxygen atoms in total. The molecule has 4 N–H and O–H groups in total. The van der Waals surface area contributed by atoms with Gasteiger partial charge in [0.1, 0.15) is 29.2 Å². The molecule has 41 heavy (non-hydrogen) atoms. The Kier molecular flexibility index (Phi) is 10.7. The number of phenols is 2. The number of nitrogens with zero attached hydrogens (tertiary/aromatic N) is 1. The highest BCUT2D eigenvalue weighted by Crippen LogP contribution is 2.34. The highest BCUT2D eigenvalue weighted by Gasteiger charge is 2.39. The zero-order valence-corrected chi connectivity index (χ0v) is 25.1. The summed E-state index contributed by atoms with van der Waals surface area (Å²) in [6.45, 7) is 10.5. The van der Waals surface area contributed by atoms with Crippen molar-refractivity contribution in [2.75, 3.05) is 0 Å². The zero-order chi connectivity index (χ0) is 30.3. The highest BCUT2D eigenvalue weighted by atomic mass is 16.6. The monoisotopic (exact) mass is 567 g/mol. The number of amides is 3. The number of aryl methyl sites for hydroxylation is 1. The maximum Gasteiger partial charge on any atom is 0.408 e. The lowest BCUT2D eigenvalue weighted by atomic mass is 9.93. The number of alkyl carbamates (subject to hydrolysis) is 1. The van der Waals surface area contributed by atoms with E-state index in [4.69, 9.17) is 4.74 Å². The molecule has 2 aromatic carbocycles. The fourth-order valence-electron chi connectivity index (χ4n) is 5.22. The first kappa shape index (κ1) is 31.8. The van der Waals surface area contributed by atoms with Crippen LogP contribution in [0.5, 0.6) is 11.5 Å². The average Bonchev–Trinajstić information content (AvgIpc) is 2.89. The summed E-state index contributed by atoms with van der Waals surface area (Å²) < 4.78 is 5.46. The van der Waals surface area contributed by atoms with Crippen LogP contribution < -0.4 is 10.6 Å². The van der Waals surface area contributed by atoms with Crippen LogP contribution in [0.15, 0.2) is 42.5 Å². The molecule has 2 unspecified atom stereocenters. The SMILES string of the molecule is Cc1cccc(C(C(=O)NC2CCCCC2)N(C(=O)C(Cc2ccc(O)cc2)NC(=O)OC(C)(C)C)C(C)C)c1O. The predicted octanol–water partition coefficient (Wildman–Crippen LogP) is 5.27. The van der Waals surface area contributed by atoms with Crippen LogP contribution in [0.2, 0.25) is 0 Å². The number of phenolic OH excluding ortho intramolecular Hbond substituents is 2. The van der Waals surface area contributed by atoms with Crippen molar-refractivity contribution in [3.05, 3.63) is 59.2 Å². The second-order valence-electron chi connectivity index (χ2n) is 12.2. The molecule has 2 aromatic rings. The van der Waals surface area contributed by atoms with Crippen LogP contribution in [0.25, 0.3) is 0 Å². The van der Waals surface area contributed by atoms with Gasteiger partial charge in [-0.2, -0.15) is 0 Å². The van der Waals surface area contributed by atoms with Crippen molar-refractivity contribution in [1.29, 1.82) is 0 Å². The highest BCUT2D eigenvalue weighted by molar-refractivity contribution is 5.93. The Balaban J connectivity index is 2.04. The number of para-hydroxylation sites is 1. The lowest BCUT2D eigenvalue weighted by Gasteiger charge is -2.38. The van der Waals surface area contributed by atoms with Crippen molar-refractivity contribution in [2.45, 2.75) is 110 Å². The molecule has 0 spiro atoms. The van der Waals surface area contributed by atoms with E-state index in [0.717, 1.165) is 32.1 Å². The van der Waals surface area contributed by atoms with Gasteiger partial charge < -0.3 is 30.5 Å². The van der Waals surface area contributed by atoms with Gasteiger partial charge in [0.25, 0.3) is 0 Å². The molecular formula is C32H45N3O6. The van der Waals surface area contributed by atoms with E-state index in [2.05, 4.69) is 10.6 Å². The summed E-state index contributed by atoms with van der Waals surface area (Å²) >= 11 is 0. The van der Waals surface area contributed by atoms with Gasteiger partial charge in [0.2, 0.25) is 11.8 Å². The number of rotatable bonds is 9. The molecule has 0 heterocycles. The molecule has 1 fully saturated rings. The molecule has 2 atom stereocenters. The first-order chi connectivity index (χ1) is 19.3. The maximum atomic E-state index is 14.4. The van der Waals surface area contributed by atoms with E-state index in [1.807, 2.05) is 0 Å². The van der Waals surface area contributed by atoms with Crippen molar-refractivity contribution < 1.29 is 29.3 Å². The summed E-state index contributed by atoms with van der Waals surface area (Å²) in [4.78, 5) is 42.7. The summed E-state index contributed by atoms with van der Waals surface area (Å²) in [6.07, 6.45) is 4.22.